The van der Waals surface area contributed by atoms with Gasteiger partial charge in [-0.25, -0.2) is 0 Å². The molecule has 0 N–H and O–H groups in total. The van der Waals surface area contributed by atoms with Crippen LogP contribution >= 0.6 is 11.6 Å². The first-order valence-corrected chi connectivity index (χ1v) is 5.17. The summed E-state index contributed by atoms with van der Waals surface area (Å²) < 4.78 is 5.41. The van der Waals surface area contributed by atoms with Gasteiger partial charge in [0.15, 0.2) is 12.9 Å². The van der Waals surface area contributed by atoms with Crippen LogP contribution in [0.1, 0.15) is 16.2 Å². The van der Waals surface area contributed by atoms with Gasteiger partial charge in [0.25, 0.3) is 0 Å². The zero-order valence-corrected chi connectivity index (χ0v) is 9.76. The number of hydrogen-bond acceptors (Lipinski definition) is 5. The van der Waals surface area contributed by atoms with E-state index in [4.69, 9.17) is 16.3 Å². The summed E-state index contributed by atoms with van der Waals surface area (Å²) in [6.45, 7) is 0.149. The van der Waals surface area contributed by atoms with Crippen molar-refractivity contribution in [2.24, 2.45) is 7.05 Å². The third kappa shape index (κ3) is 2.79. The minimum atomic E-state index is 0.149. The minimum absolute atomic E-state index is 0.149. The Bertz CT molecular complexity index is 541. The van der Waals surface area contributed by atoms with Gasteiger partial charge < -0.3 is 4.74 Å². The van der Waals surface area contributed by atoms with E-state index in [1.165, 1.54) is 10.9 Å². The third-order valence-corrected chi connectivity index (χ3v) is 2.24. The zero-order valence-electron chi connectivity index (χ0n) is 9.00. The summed E-state index contributed by atoms with van der Waals surface area (Å²) in [5.41, 5.74) is 0.390. The third-order valence-electron chi connectivity index (χ3n) is 2.01. The molecule has 88 valence electrons. The van der Waals surface area contributed by atoms with Crippen molar-refractivity contribution in [3.05, 3.63) is 34.6 Å². The predicted octanol–water partition coefficient (Wildman–Crippen LogP) is 1.25. The second-order valence-electron chi connectivity index (χ2n) is 3.28. The van der Waals surface area contributed by atoms with Crippen LogP contribution < -0.4 is 4.74 Å². The maximum atomic E-state index is 10.8. The molecule has 0 atom stereocenters. The number of hydrogen-bond donors (Lipinski definition) is 0. The van der Waals surface area contributed by atoms with Crippen molar-refractivity contribution in [3.63, 3.8) is 0 Å². The van der Waals surface area contributed by atoms with Crippen LogP contribution in [0.15, 0.2) is 18.2 Å². The SMILES string of the molecule is Cn1nnc(COc2ccc(Cl)cc2C=O)n1. The van der Waals surface area contributed by atoms with E-state index in [1.54, 1.807) is 19.2 Å². The molecule has 17 heavy (non-hydrogen) atoms. The molecule has 0 fully saturated rings. The molecule has 0 amide bonds. The molecule has 0 aliphatic heterocycles. The Morgan fingerprint density at radius 3 is 3.00 bits per heavy atom. The average Bonchev–Trinajstić information content (AvgIpc) is 2.73. The summed E-state index contributed by atoms with van der Waals surface area (Å²) in [7, 11) is 1.66. The molecule has 1 aromatic heterocycles. The summed E-state index contributed by atoms with van der Waals surface area (Å²) in [6.07, 6.45) is 0.686. The number of nitrogens with zero attached hydrogens (tertiary/aromatic N) is 4. The summed E-state index contributed by atoms with van der Waals surface area (Å²) in [5, 5.41) is 11.9. The van der Waals surface area contributed by atoms with Gasteiger partial charge >= 0.3 is 0 Å². The number of benzene rings is 1. The van der Waals surface area contributed by atoms with Crippen molar-refractivity contribution in [2.45, 2.75) is 6.61 Å². The maximum Gasteiger partial charge on any atom is 0.212 e. The Kier molecular flexibility index (Phi) is 3.34. The minimum Gasteiger partial charge on any atom is -0.485 e. The van der Waals surface area contributed by atoms with E-state index < -0.39 is 0 Å². The van der Waals surface area contributed by atoms with Gasteiger partial charge in [-0.1, -0.05) is 11.6 Å². The highest BCUT2D eigenvalue weighted by Gasteiger charge is 2.06. The van der Waals surface area contributed by atoms with Crippen LogP contribution in [0.25, 0.3) is 0 Å². The van der Waals surface area contributed by atoms with E-state index in [0.717, 1.165) is 0 Å². The fourth-order valence-corrected chi connectivity index (χ4v) is 1.45. The molecule has 7 heteroatoms. The van der Waals surface area contributed by atoms with Gasteiger partial charge in [-0.05, 0) is 23.4 Å². The van der Waals surface area contributed by atoms with Crippen molar-refractivity contribution >= 4 is 17.9 Å². The predicted molar refractivity (Wildman–Crippen MR) is 60.0 cm³/mol. The topological polar surface area (TPSA) is 69.9 Å². The summed E-state index contributed by atoms with van der Waals surface area (Å²) in [5.74, 6) is 0.885. The molecule has 0 unspecified atom stereocenters. The molecule has 1 heterocycles. The number of carbonyl (C=O) groups is 1. The zero-order chi connectivity index (χ0) is 12.3. The molecule has 2 rings (SSSR count). The number of aromatic nitrogens is 4. The number of rotatable bonds is 4. The first-order valence-electron chi connectivity index (χ1n) is 4.79. The van der Waals surface area contributed by atoms with Gasteiger partial charge in [0.2, 0.25) is 5.82 Å². The van der Waals surface area contributed by atoms with Gasteiger partial charge in [-0.3, -0.25) is 4.79 Å². The van der Waals surface area contributed by atoms with Crippen LogP contribution in [0.4, 0.5) is 0 Å². The van der Waals surface area contributed by atoms with Gasteiger partial charge in [0, 0.05) is 5.02 Å². The molecule has 0 radical (unpaired) electrons. The average molecular weight is 253 g/mol. The lowest BCUT2D eigenvalue weighted by Crippen LogP contribution is -2.01. The highest BCUT2D eigenvalue weighted by Crippen LogP contribution is 2.21. The molecule has 0 bridgehead atoms. The molecule has 1 aromatic carbocycles. The smallest absolute Gasteiger partial charge is 0.212 e. The molecule has 0 aliphatic carbocycles. The fraction of sp³-hybridized carbons (Fsp3) is 0.200. The van der Waals surface area contributed by atoms with Crippen molar-refractivity contribution in [1.29, 1.82) is 0 Å². The van der Waals surface area contributed by atoms with E-state index in [-0.39, 0.29) is 6.61 Å². The Balaban J connectivity index is 2.11. The van der Waals surface area contributed by atoms with Gasteiger partial charge in [-0.15, -0.1) is 10.2 Å². The van der Waals surface area contributed by atoms with Crippen molar-refractivity contribution < 1.29 is 9.53 Å². The van der Waals surface area contributed by atoms with Crippen LogP contribution in [0.5, 0.6) is 5.75 Å². The standard InChI is InChI=1S/C10H9ClN4O2/c1-15-13-10(12-14-15)6-17-9-3-2-8(11)4-7(9)5-16/h2-5H,6H2,1H3. The monoisotopic (exact) mass is 252 g/mol. The second kappa shape index (κ2) is 4.92. The van der Waals surface area contributed by atoms with Crippen LogP contribution in [-0.4, -0.2) is 26.5 Å². The summed E-state index contributed by atoms with van der Waals surface area (Å²) in [6, 6.07) is 4.81. The molecule has 6 nitrogen and oxygen atoms in total. The molecular weight excluding hydrogens is 244 g/mol. The van der Waals surface area contributed by atoms with E-state index in [2.05, 4.69) is 15.4 Å². The number of carbonyl (C=O) groups excluding carboxylic acids is 1. The molecule has 0 spiro atoms. The molecule has 2 aromatic rings. The largest absolute Gasteiger partial charge is 0.485 e. The highest BCUT2D eigenvalue weighted by molar-refractivity contribution is 6.30. The fourth-order valence-electron chi connectivity index (χ4n) is 1.27. The summed E-state index contributed by atoms with van der Waals surface area (Å²) in [4.78, 5) is 12.1. The van der Waals surface area contributed by atoms with Gasteiger partial charge in [0.05, 0.1) is 12.6 Å². The molecular formula is C10H9ClN4O2. The maximum absolute atomic E-state index is 10.8. The van der Waals surface area contributed by atoms with Gasteiger partial charge in [-0.2, -0.15) is 4.80 Å². The normalized spacial score (nSPS) is 10.2. The second-order valence-corrected chi connectivity index (χ2v) is 3.72. The number of aryl methyl sites for hydroxylation is 1. The van der Waals surface area contributed by atoms with Crippen LogP contribution in [0, 0.1) is 0 Å². The molecule has 0 aliphatic rings. The van der Waals surface area contributed by atoms with Crippen LogP contribution in [0.3, 0.4) is 0 Å². The lowest BCUT2D eigenvalue weighted by atomic mass is 10.2. The highest BCUT2D eigenvalue weighted by atomic mass is 35.5. The Labute approximate surface area is 102 Å². The first kappa shape index (κ1) is 11.5. The van der Waals surface area contributed by atoms with E-state index in [9.17, 15) is 4.79 Å². The lowest BCUT2D eigenvalue weighted by Gasteiger charge is -2.05. The van der Waals surface area contributed by atoms with Crippen LogP contribution in [-0.2, 0) is 13.7 Å². The Morgan fingerprint density at radius 1 is 1.53 bits per heavy atom. The van der Waals surface area contributed by atoms with Crippen LogP contribution in [0.2, 0.25) is 5.02 Å². The Hall–Kier alpha value is -1.95. The van der Waals surface area contributed by atoms with E-state index >= 15 is 0 Å². The lowest BCUT2D eigenvalue weighted by molar-refractivity contribution is 0.111. The number of aldehydes is 1. The van der Waals surface area contributed by atoms with Crippen molar-refractivity contribution in [3.8, 4) is 5.75 Å². The van der Waals surface area contributed by atoms with Crippen molar-refractivity contribution in [1.82, 2.24) is 20.2 Å². The Morgan fingerprint density at radius 2 is 2.35 bits per heavy atom. The summed E-state index contributed by atoms with van der Waals surface area (Å²) >= 11 is 5.76. The number of halogens is 1. The molecule has 0 saturated heterocycles. The van der Waals surface area contributed by atoms with E-state index in [1.807, 2.05) is 0 Å². The van der Waals surface area contributed by atoms with E-state index in [0.29, 0.717) is 28.4 Å². The van der Waals surface area contributed by atoms with Gasteiger partial charge in [0.1, 0.15) is 5.75 Å². The number of tetrazole rings is 1. The van der Waals surface area contributed by atoms with Crippen molar-refractivity contribution in [2.75, 3.05) is 0 Å². The first-order chi connectivity index (χ1) is 8.19. The quantitative estimate of drug-likeness (QED) is 0.766. The number of ether oxygens (including phenoxy) is 1. The molecule has 0 saturated carbocycles.